The lowest BCUT2D eigenvalue weighted by Crippen LogP contribution is -2.60. The Bertz CT molecular complexity index is 1950. The van der Waals surface area contributed by atoms with Gasteiger partial charge in [-0.2, -0.15) is 5.21 Å². The van der Waals surface area contributed by atoms with E-state index in [0.29, 0.717) is 56.4 Å². The molecular weight excluding hydrogens is 899 g/mol. The summed E-state index contributed by atoms with van der Waals surface area (Å²) in [6.45, 7) is 14.8. The van der Waals surface area contributed by atoms with E-state index >= 15 is 0 Å². The molecule has 1 aromatic rings. The third-order valence-corrected chi connectivity index (χ3v) is 15.4. The second kappa shape index (κ2) is 28.1. The van der Waals surface area contributed by atoms with Crippen molar-refractivity contribution in [3.8, 4) is 0 Å². The minimum absolute atomic E-state index is 0.0102. The summed E-state index contributed by atoms with van der Waals surface area (Å²) in [6.07, 6.45) is 14.6. The molecule has 0 radical (unpaired) electrons. The van der Waals surface area contributed by atoms with E-state index in [0.717, 1.165) is 24.8 Å². The van der Waals surface area contributed by atoms with Gasteiger partial charge in [0, 0.05) is 57.0 Å². The lowest BCUT2D eigenvalue weighted by molar-refractivity contribution is -0.265. The number of aromatic nitrogens is 4. The van der Waals surface area contributed by atoms with Gasteiger partial charge in [0.2, 0.25) is 5.79 Å². The number of hydrogen-bond donors (Lipinski definition) is 5. The van der Waals surface area contributed by atoms with Crippen LogP contribution in [0.25, 0.3) is 0 Å². The van der Waals surface area contributed by atoms with E-state index in [4.69, 9.17) is 14.2 Å². The largest absolute Gasteiger partial charge is 0.460 e. The standard InChI is InChI=1S/C52H81NO12.CH2N4/c1-31-15-11-10-12-16-32(2)41(30-55)27-42-21-19-38(8)52(62,65-42)49(59)50(60)53-22-14-13-17-43(53)51(61)64-45(35(5)25-39-20-18-33(3)40(26-39)29-54)28-44(56)34(4)24-37(7)47(58)48(63-9)46(57)36(6)23-31;1-2-4-5-3-1/h10-12,15-16,24,31,33-36,38-43,45,47-48,54-55,58,62H,13-14,17-23,25-30H2,1-9H3;1H,(H,2,3,4,5)/b12-10+,15-11+,32-16+,37-24+;/t31-,33+,34-,35-,36-,38-,39+,40+,41-,42+,43+,45+,47-,48+,52-;/m1./s1. The number of carbonyl (C=O) groups is 5. The number of ether oxygens (including phenoxy) is 3. The van der Waals surface area contributed by atoms with E-state index in [1.54, 1.807) is 26.8 Å². The Balaban J connectivity index is 0.00000200. The number of esters is 1. The molecule has 2 bridgehead atoms. The van der Waals surface area contributed by atoms with Crippen molar-refractivity contribution in [1.29, 1.82) is 0 Å². The number of piperidine rings is 1. The number of methoxy groups -OCH3 is 1. The van der Waals surface area contributed by atoms with E-state index in [2.05, 4.69) is 27.5 Å². The first-order chi connectivity index (χ1) is 33.2. The maximum absolute atomic E-state index is 14.4. The van der Waals surface area contributed by atoms with Gasteiger partial charge in [-0.15, -0.1) is 10.2 Å². The van der Waals surface area contributed by atoms with Crippen LogP contribution in [0.4, 0.5) is 0 Å². The minimum atomic E-state index is -2.44. The molecule has 17 heteroatoms. The highest BCUT2D eigenvalue weighted by molar-refractivity contribution is 6.39. The Morgan fingerprint density at radius 3 is 2.30 bits per heavy atom. The predicted octanol–water partition coefficient (Wildman–Crippen LogP) is 5.84. The first-order valence-corrected chi connectivity index (χ1v) is 25.6. The third kappa shape index (κ3) is 16.1. The summed E-state index contributed by atoms with van der Waals surface area (Å²) in [5, 5.41) is 56.0. The molecule has 0 spiro atoms. The number of hydrogen-bond acceptors (Lipinski definition) is 15. The van der Waals surface area contributed by atoms with Crippen LogP contribution in [0.15, 0.2) is 53.9 Å². The molecule has 3 fully saturated rings. The van der Waals surface area contributed by atoms with Crippen LogP contribution < -0.4 is 0 Å². The number of Topliss-reactive ketones (excluding diaryl/α,β-unsaturated/α-hetero) is 3. The number of nitrogens with zero attached hydrogens (tertiary/aromatic N) is 4. The number of aliphatic hydroxyl groups excluding tert-OH is 3. The number of rotatable bonds is 6. The molecule has 3 aliphatic heterocycles. The van der Waals surface area contributed by atoms with Crippen LogP contribution in [0.2, 0.25) is 0 Å². The van der Waals surface area contributed by atoms with Gasteiger partial charge < -0.3 is 39.5 Å². The Kier molecular flexibility index (Phi) is 23.4. The summed E-state index contributed by atoms with van der Waals surface area (Å²) in [5.41, 5.74) is 1.25. The molecule has 2 saturated heterocycles. The minimum Gasteiger partial charge on any atom is -0.460 e. The van der Waals surface area contributed by atoms with Gasteiger partial charge in [-0.1, -0.05) is 102 Å². The van der Waals surface area contributed by atoms with E-state index < -0.39 is 71.7 Å². The SMILES string of the molecule is CO[C@H]1C(=O)[C@H](C)C[C@H](C)/C=C/C=C/C=C(\C)[C@@H](CO)C[C@@H]2CC[C@@H](C)[C@@](O)(O2)C(=O)C(=O)N2CCCC[C@H]2C(=O)O[C@H]([C@H](C)C[C@@H]2CC[C@H](C)[C@H](CO)C2)CC(=O)[C@H](C)/C=C(\C)[C@H]1O.c1nn[nH]n1. The summed E-state index contributed by atoms with van der Waals surface area (Å²) in [6, 6.07) is -1.13. The maximum atomic E-state index is 14.4. The second-order valence-electron chi connectivity index (χ2n) is 20.9. The van der Waals surface area contributed by atoms with Crippen LogP contribution in [-0.2, 0) is 38.2 Å². The molecule has 1 amide bonds. The predicted molar refractivity (Wildman–Crippen MR) is 262 cm³/mol. The van der Waals surface area contributed by atoms with Crippen molar-refractivity contribution in [2.24, 2.45) is 53.3 Å². The van der Waals surface area contributed by atoms with Gasteiger partial charge >= 0.3 is 5.97 Å². The smallest absolute Gasteiger partial charge is 0.329 e. The molecule has 0 unspecified atom stereocenters. The van der Waals surface area contributed by atoms with Crippen molar-refractivity contribution in [2.45, 2.75) is 169 Å². The summed E-state index contributed by atoms with van der Waals surface area (Å²) in [5.74, 6) is -7.62. The van der Waals surface area contributed by atoms with Crippen molar-refractivity contribution >= 4 is 29.2 Å². The zero-order chi connectivity index (χ0) is 51.7. The van der Waals surface area contributed by atoms with Crippen LogP contribution in [-0.4, -0.2) is 138 Å². The molecule has 1 aliphatic carbocycles. The average Bonchev–Trinajstić information content (AvgIpc) is 3.94. The van der Waals surface area contributed by atoms with Crippen molar-refractivity contribution in [3.63, 3.8) is 0 Å². The van der Waals surface area contributed by atoms with Crippen LogP contribution in [0.3, 0.4) is 0 Å². The van der Waals surface area contributed by atoms with Crippen molar-refractivity contribution in [3.05, 3.63) is 53.9 Å². The number of nitrogens with one attached hydrogen (secondary N) is 1. The Morgan fingerprint density at radius 2 is 1.66 bits per heavy atom. The fourth-order valence-electron chi connectivity index (χ4n) is 10.6. The number of allylic oxidation sites excluding steroid dienone is 6. The fourth-order valence-corrected chi connectivity index (χ4v) is 10.6. The van der Waals surface area contributed by atoms with E-state index in [9.17, 15) is 44.4 Å². The molecule has 1 saturated carbocycles. The highest BCUT2D eigenvalue weighted by Crippen LogP contribution is 2.39. The quantitative estimate of drug-likeness (QED) is 0.128. The Morgan fingerprint density at radius 1 is 0.914 bits per heavy atom. The summed E-state index contributed by atoms with van der Waals surface area (Å²) >= 11 is 0. The molecule has 5 N–H and O–H groups in total. The molecule has 0 aromatic carbocycles. The normalized spacial score (nSPS) is 38.1. The number of amides is 1. The fraction of sp³-hybridized carbons (Fsp3) is 0.736. The molecule has 1 aromatic heterocycles. The molecule has 15 atom stereocenters. The van der Waals surface area contributed by atoms with Gasteiger partial charge in [0.15, 0.2) is 12.1 Å². The number of H-pyrrole nitrogens is 1. The number of carbonyl (C=O) groups excluding carboxylic acids is 5. The maximum Gasteiger partial charge on any atom is 0.329 e. The van der Waals surface area contributed by atoms with Crippen molar-refractivity contribution < 1.29 is 58.6 Å². The van der Waals surface area contributed by atoms with Crippen molar-refractivity contribution in [1.82, 2.24) is 25.5 Å². The monoisotopic (exact) mass is 982 g/mol. The van der Waals surface area contributed by atoms with Crippen LogP contribution in [0.5, 0.6) is 0 Å². The average molecular weight is 982 g/mol. The van der Waals surface area contributed by atoms with E-state index in [-0.39, 0.29) is 73.8 Å². The van der Waals surface area contributed by atoms with Gasteiger partial charge in [-0.3, -0.25) is 19.2 Å². The van der Waals surface area contributed by atoms with Gasteiger partial charge in [-0.25, -0.2) is 4.79 Å². The van der Waals surface area contributed by atoms with Gasteiger partial charge in [0.05, 0.1) is 6.10 Å². The number of aliphatic hydroxyl groups is 4. The van der Waals surface area contributed by atoms with Gasteiger partial charge in [0.1, 0.15) is 30.1 Å². The Labute approximate surface area is 414 Å². The molecule has 392 valence electrons. The number of tetrazole rings is 1. The first-order valence-electron chi connectivity index (χ1n) is 25.6. The lowest BCUT2D eigenvalue weighted by atomic mass is 9.72. The highest BCUT2D eigenvalue weighted by atomic mass is 16.6. The zero-order valence-corrected chi connectivity index (χ0v) is 43.1. The zero-order valence-electron chi connectivity index (χ0n) is 43.1. The van der Waals surface area contributed by atoms with Gasteiger partial charge in [-0.05, 0) is 107 Å². The number of fused-ring (bicyclic) bond motifs is 3. The van der Waals surface area contributed by atoms with E-state index in [1.807, 2.05) is 58.1 Å². The molecule has 5 rings (SSSR count). The molecule has 70 heavy (non-hydrogen) atoms. The van der Waals surface area contributed by atoms with E-state index in [1.165, 1.54) is 18.3 Å². The van der Waals surface area contributed by atoms with Gasteiger partial charge in [0.25, 0.3) is 11.7 Å². The number of ketones is 3. The Hall–Kier alpha value is -4.26. The lowest BCUT2D eigenvalue weighted by Gasteiger charge is -2.43. The summed E-state index contributed by atoms with van der Waals surface area (Å²) < 4.78 is 18.0. The third-order valence-electron chi connectivity index (χ3n) is 15.4. The second-order valence-corrected chi connectivity index (χ2v) is 20.9. The van der Waals surface area contributed by atoms with Crippen LogP contribution in [0.1, 0.15) is 132 Å². The van der Waals surface area contributed by atoms with Crippen molar-refractivity contribution in [2.75, 3.05) is 26.9 Å². The molecule has 4 aliphatic rings. The topological polar surface area (TPSA) is 252 Å². The molecule has 17 nitrogen and oxygen atoms in total. The molecular formula is C53H83N5O12. The first kappa shape index (κ1) is 58.3. The summed E-state index contributed by atoms with van der Waals surface area (Å²) in [7, 11) is 1.38. The summed E-state index contributed by atoms with van der Waals surface area (Å²) in [4.78, 5) is 71.8. The number of cyclic esters (lactones) is 1. The van der Waals surface area contributed by atoms with Crippen LogP contribution in [0, 0.1) is 53.3 Å². The van der Waals surface area contributed by atoms with Crippen LogP contribution >= 0.6 is 0 Å². The number of aromatic amines is 1. The molecule has 4 heterocycles. The highest BCUT2D eigenvalue weighted by Gasteiger charge is 2.53.